The van der Waals surface area contributed by atoms with Gasteiger partial charge in [0, 0.05) is 0 Å². The van der Waals surface area contributed by atoms with Gasteiger partial charge in [0.2, 0.25) is 0 Å². The monoisotopic (exact) mass is 416 g/mol. The summed E-state index contributed by atoms with van der Waals surface area (Å²) in [6.07, 6.45) is 19.8. The molecule has 0 unspecified atom stereocenters. The number of fused-ring (bicyclic) bond motifs is 5. The lowest BCUT2D eigenvalue weighted by Gasteiger charge is -2.60. The summed E-state index contributed by atoms with van der Waals surface area (Å²) in [6, 6.07) is 0. The summed E-state index contributed by atoms with van der Waals surface area (Å²) in [4.78, 5) is 5.32. The fraction of sp³-hybridized carbons (Fsp3) is 0.885. The van der Waals surface area contributed by atoms with Gasteiger partial charge in [-0.25, -0.2) is 0 Å². The van der Waals surface area contributed by atoms with E-state index in [1.165, 1.54) is 44.9 Å². The van der Waals surface area contributed by atoms with Gasteiger partial charge in [-0.2, -0.15) is 0 Å². The molecule has 0 radical (unpaired) electrons. The Morgan fingerprint density at radius 1 is 1.00 bits per heavy atom. The van der Waals surface area contributed by atoms with Gasteiger partial charge in [0.15, 0.2) is 0 Å². The molecule has 0 amide bonds. The standard InChI is InChI=1S/C26H44N2O2/c1-25-14-12-24-22(9-7-20-18-21(29)11-13-26(20,24)2)23(25)10-8-19(25)6-5-16-28-30-17-4-3-15-27/h5-6,16,19-24,29H,3-4,7-15,17-18,27H2,1-2H3/b6-5+,28-16+/t19-,20+,21-,22-,23-,24-,25+,26-/m0/s1. The molecule has 4 aliphatic rings. The van der Waals surface area contributed by atoms with E-state index in [2.05, 4.69) is 31.2 Å². The Hall–Kier alpha value is -0.870. The van der Waals surface area contributed by atoms with Gasteiger partial charge in [-0.1, -0.05) is 25.1 Å². The molecule has 4 nitrogen and oxygen atoms in total. The average Bonchev–Trinajstić information content (AvgIpc) is 3.07. The predicted octanol–water partition coefficient (Wildman–Crippen LogP) is 5.30. The number of nitrogens with two attached hydrogens (primary N) is 1. The summed E-state index contributed by atoms with van der Waals surface area (Å²) in [5.41, 5.74) is 6.42. The molecule has 0 heterocycles. The fourth-order valence-corrected chi connectivity index (χ4v) is 8.22. The molecule has 3 N–H and O–H groups in total. The first-order chi connectivity index (χ1) is 14.5. The van der Waals surface area contributed by atoms with Gasteiger partial charge in [-0.05, 0) is 124 Å². The van der Waals surface area contributed by atoms with Crippen molar-refractivity contribution in [3.63, 3.8) is 0 Å². The molecular formula is C26H44N2O2. The minimum atomic E-state index is -0.0409. The third kappa shape index (κ3) is 4.11. The van der Waals surface area contributed by atoms with E-state index in [9.17, 15) is 5.11 Å². The minimum Gasteiger partial charge on any atom is -0.396 e. The van der Waals surface area contributed by atoms with Crippen molar-refractivity contribution in [2.45, 2.75) is 90.6 Å². The zero-order chi connectivity index (χ0) is 21.2. The molecule has 30 heavy (non-hydrogen) atoms. The molecule has 0 aliphatic heterocycles. The Morgan fingerprint density at radius 2 is 1.80 bits per heavy atom. The van der Waals surface area contributed by atoms with Crippen LogP contribution in [-0.2, 0) is 4.84 Å². The van der Waals surface area contributed by atoms with E-state index in [1.54, 1.807) is 0 Å². The van der Waals surface area contributed by atoms with Gasteiger partial charge in [0.05, 0.1) is 12.3 Å². The molecule has 0 saturated heterocycles. The molecule has 4 rings (SSSR count). The van der Waals surface area contributed by atoms with Crippen LogP contribution >= 0.6 is 0 Å². The number of oxime groups is 1. The van der Waals surface area contributed by atoms with Gasteiger partial charge in [-0.15, -0.1) is 0 Å². The van der Waals surface area contributed by atoms with Crippen molar-refractivity contribution in [3.8, 4) is 0 Å². The SMILES string of the molecule is C[C@]12CC[C@H](O)C[C@H]1CC[C@@H]1[C@@H]2CC[C@]2(C)[C@@H](/C=C/C=N/OCCCCN)CC[C@@H]12. The maximum absolute atomic E-state index is 10.2. The van der Waals surface area contributed by atoms with E-state index in [0.29, 0.717) is 23.4 Å². The Bertz CT molecular complexity index is 635. The van der Waals surface area contributed by atoms with Crippen LogP contribution in [0.2, 0.25) is 0 Å². The summed E-state index contributed by atoms with van der Waals surface area (Å²) in [6.45, 7) is 6.54. The van der Waals surface area contributed by atoms with Crippen LogP contribution in [-0.4, -0.2) is 30.6 Å². The molecule has 0 aromatic rings. The molecule has 0 spiro atoms. The van der Waals surface area contributed by atoms with Gasteiger partial charge in [-0.3, -0.25) is 0 Å². The van der Waals surface area contributed by atoms with E-state index in [1.807, 2.05) is 6.21 Å². The van der Waals surface area contributed by atoms with Crippen molar-refractivity contribution in [1.82, 2.24) is 0 Å². The molecule has 0 aromatic carbocycles. The number of hydrogen-bond donors (Lipinski definition) is 2. The number of allylic oxidation sites excluding steroid dienone is 2. The first kappa shape index (κ1) is 22.3. The van der Waals surface area contributed by atoms with Crippen LogP contribution < -0.4 is 5.73 Å². The topological polar surface area (TPSA) is 67.8 Å². The van der Waals surface area contributed by atoms with Crippen LogP contribution in [0.4, 0.5) is 0 Å². The van der Waals surface area contributed by atoms with Crippen molar-refractivity contribution in [2.75, 3.05) is 13.2 Å². The van der Waals surface area contributed by atoms with Crippen molar-refractivity contribution in [2.24, 2.45) is 51.3 Å². The number of rotatable bonds is 7. The number of nitrogens with zero attached hydrogens (tertiary/aromatic N) is 1. The zero-order valence-electron chi connectivity index (χ0n) is 19.3. The third-order valence-corrected chi connectivity index (χ3v) is 9.97. The van der Waals surface area contributed by atoms with Gasteiger partial charge in [0.1, 0.15) is 6.61 Å². The van der Waals surface area contributed by atoms with Crippen molar-refractivity contribution in [3.05, 3.63) is 12.2 Å². The summed E-state index contributed by atoms with van der Waals surface area (Å²) < 4.78 is 0. The normalized spacial score (nSPS) is 46.0. The molecule has 0 aromatic heterocycles. The molecule has 0 bridgehead atoms. The highest BCUT2D eigenvalue weighted by atomic mass is 16.6. The largest absolute Gasteiger partial charge is 0.396 e. The van der Waals surface area contributed by atoms with Crippen LogP contribution in [0.15, 0.2) is 17.3 Å². The Morgan fingerprint density at radius 3 is 2.63 bits per heavy atom. The number of unbranched alkanes of at least 4 members (excludes halogenated alkanes) is 1. The highest BCUT2D eigenvalue weighted by Gasteiger charge is 2.59. The number of aliphatic hydroxyl groups excluding tert-OH is 1. The smallest absolute Gasteiger partial charge is 0.117 e. The zero-order valence-corrected chi connectivity index (χ0v) is 19.3. The lowest BCUT2D eigenvalue weighted by atomic mass is 9.44. The summed E-state index contributed by atoms with van der Waals surface area (Å²) >= 11 is 0. The van der Waals surface area contributed by atoms with Gasteiger partial charge >= 0.3 is 0 Å². The first-order valence-corrected chi connectivity index (χ1v) is 12.7. The van der Waals surface area contributed by atoms with Crippen molar-refractivity contribution < 1.29 is 9.94 Å². The van der Waals surface area contributed by atoms with Gasteiger partial charge in [0.25, 0.3) is 0 Å². The summed E-state index contributed by atoms with van der Waals surface area (Å²) in [5.74, 6) is 4.09. The van der Waals surface area contributed by atoms with Gasteiger partial charge < -0.3 is 15.7 Å². The van der Waals surface area contributed by atoms with E-state index in [-0.39, 0.29) is 6.10 Å². The maximum Gasteiger partial charge on any atom is 0.117 e. The predicted molar refractivity (Wildman–Crippen MR) is 123 cm³/mol. The molecule has 170 valence electrons. The molecule has 4 fully saturated rings. The number of hydrogen-bond acceptors (Lipinski definition) is 4. The van der Waals surface area contributed by atoms with Crippen LogP contribution in [0.3, 0.4) is 0 Å². The minimum absolute atomic E-state index is 0.0409. The summed E-state index contributed by atoms with van der Waals surface area (Å²) in [5, 5.41) is 14.3. The summed E-state index contributed by atoms with van der Waals surface area (Å²) in [7, 11) is 0. The highest BCUT2D eigenvalue weighted by Crippen LogP contribution is 2.67. The van der Waals surface area contributed by atoms with Crippen molar-refractivity contribution in [1.29, 1.82) is 0 Å². The Labute approximate surface area is 183 Å². The molecule has 4 saturated carbocycles. The van der Waals surface area contributed by atoms with E-state index >= 15 is 0 Å². The van der Waals surface area contributed by atoms with E-state index in [4.69, 9.17) is 10.6 Å². The lowest BCUT2D eigenvalue weighted by molar-refractivity contribution is -0.124. The second-order valence-corrected chi connectivity index (χ2v) is 11.3. The van der Waals surface area contributed by atoms with Crippen LogP contribution in [0.1, 0.15) is 84.5 Å². The van der Waals surface area contributed by atoms with E-state index < -0.39 is 0 Å². The van der Waals surface area contributed by atoms with Crippen LogP contribution in [0.25, 0.3) is 0 Å². The quantitative estimate of drug-likeness (QED) is 0.336. The number of aliphatic hydroxyl groups is 1. The second-order valence-electron chi connectivity index (χ2n) is 11.3. The van der Waals surface area contributed by atoms with Crippen LogP contribution in [0.5, 0.6) is 0 Å². The van der Waals surface area contributed by atoms with E-state index in [0.717, 1.165) is 55.9 Å². The second kappa shape index (κ2) is 9.32. The third-order valence-electron chi connectivity index (χ3n) is 9.97. The Kier molecular flexibility index (Phi) is 6.94. The maximum atomic E-state index is 10.2. The lowest BCUT2D eigenvalue weighted by Crippen LogP contribution is -2.53. The highest BCUT2D eigenvalue weighted by molar-refractivity contribution is 5.70. The molecular weight excluding hydrogens is 372 g/mol. The molecule has 4 aliphatic carbocycles. The van der Waals surface area contributed by atoms with Crippen molar-refractivity contribution >= 4 is 6.21 Å². The fourth-order valence-electron chi connectivity index (χ4n) is 8.22. The van der Waals surface area contributed by atoms with Crippen LogP contribution in [0, 0.1) is 40.4 Å². The molecule has 4 heteroatoms. The molecule has 8 atom stereocenters. The first-order valence-electron chi connectivity index (χ1n) is 12.7. The average molecular weight is 417 g/mol. The Balaban J connectivity index is 1.37.